The molecule has 0 saturated carbocycles. The number of benzene rings is 1. The van der Waals surface area contributed by atoms with Crippen LogP contribution in [-0.4, -0.2) is 53.7 Å². The first-order chi connectivity index (χ1) is 12.3. The molecule has 3 aromatic rings. The summed E-state index contributed by atoms with van der Waals surface area (Å²) in [6.07, 6.45) is 0. The summed E-state index contributed by atoms with van der Waals surface area (Å²) >= 11 is 0. The quantitative estimate of drug-likeness (QED) is 0.395. The van der Waals surface area contributed by atoms with E-state index in [1.54, 1.807) is 7.05 Å². The monoisotopic (exact) mass is 358 g/mol. The topological polar surface area (TPSA) is 164 Å². The minimum Gasteiger partial charge on any atom is -0.507 e. The second-order valence-corrected chi connectivity index (χ2v) is 5.80. The zero-order valence-electron chi connectivity index (χ0n) is 14.1. The molecule has 1 aromatic carbocycles. The van der Waals surface area contributed by atoms with E-state index in [-0.39, 0.29) is 17.4 Å². The summed E-state index contributed by atoms with van der Waals surface area (Å²) in [6.45, 7) is 2.32. The minimum atomic E-state index is -1.24. The maximum Gasteiger partial charge on any atom is 0.339 e. The molecule has 2 heterocycles. The number of nitrogens with one attached hydrogen (secondary N) is 2. The molecule has 0 spiro atoms. The Hall–Kier alpha value is -3.47. The van der Waals surface area contributed by atoms with E-state index in [4.69, 9.17) is 10.8 Å². The Morgan fingerprint density at radius 2 is 2.15 bits per heavy atom. The van der Waals surface area contributed by atoms with Gasteiger partial charge in [-0.15, -0.1) is 5.10 Å². The van der Waals surface area contributed by atoms with Crippen molar-refractivity contribution in [2.24, 2.45) is 12.8 Å². The minimum absolute atomic E-state index is 0.0920. The van der Waals surface area contributed by atoms with Crippen molar-refractivity contribution in [3.63, 3.8) is 0 Å². The molecule has 0 radical (unpaired) electrons. The maximum atomic E-state index is 11.2. The Labute approximate surface area is 147 Å². The number of aromatic nitrogens is 5. The van der Waals surface area contributed by atoms with Gasteiger partial charge in [-0.2, -0.15) is 9.97 Å². The van der Waals surface area contributed by atoms with Gasteiger partial charge in [0.1, 0.15) is 11.3 Å². The van der Waals surface area contributed by atoms with Gasteiger partial charge in [-0.3, -0.25) is 0 Å². The Morgan fingerprint density at radius 1 is 1.38 bits per heavy atom. The van der Waals surface area contributed by atoms with Gasteiger partial charge in [-0.25, -0.2) is 9.48 Å². The molecule has 11 heteroatoms. The molecule has 0 bridgehead atoms. The van der Waals surface area contributed by atoms with Gasteiger partial charge in [0.25, 0.3) is 0 Å². The lowest BCUT2D eigenvalue weighted by Crippen LogP contribution is -2.26. The van der Waals surface area contributed by atoms with Crippen LogP contribution in [0.3, 0.4) is 0 Å². The fourth-order valence-electron chi connectivity index (χ4n) is 2.26. The molecule has 3 rings (SSSR count). The van der Waals surface area contributed by atoms with Gasteiger partial charge in [-0.1, -0.05) is 5.21 Å². The summed E-state index contributed by atoms with van der Waals surface area (Å²) in [6, 6.07) is 4.03. The molecular weight excluding hydrogens is 340 g/mol. The van der Waals surface area contributed by atoms with Crippen LogP contribution in [0.25, 0.3) is 11.2 Å². The predicted molar refractivity (Wildman–Crippen MR) is 94.6 cm³/mol. The molecule has 1 unspecified atom stereocenters. The molecule has 2 aromatic heterocycles. The van der Waals surface area contributed by atoms with E-state index in [9.17, 15) is 9.90 Å². The van der Waals surface area contributed by atoms with E-state index in [2.05, 4.69) is 30.9 Å². The third-order valence-corrected chi connectivity index (χ3v) is 3.52. The molecule has 1 atom stereocenters. The Morgan fingerprint density at radius 3 is 2.85 bits per heavy atom. The van der Waals surface area contributed by atoms with Crippen LogP contribution < -0.4 is 16.4 Å². The maximum absolute atomic E-state index is 11.2. The highest BCUT2D eigenvalue weighted by molar-refractivity contribution is 5.93. The average Bonchev–Trinajstić information content (AvgIpc) is 2.96. The fourth-order valence-corrected chi connectivity index (χ4v) is 2.26. The van der Waals surface area contributed by atoms with Gasteiger partial charge in [0, 0.05) is 25.3 Å². The summed E-state index contributed by atoms with van der Waals surface area (Å²) in [5, 5.41) is 32.8. The van der Waals surface area contributed by atoms with Gasteiger partial charge in [0.05, 0.1) is 0 Å². The summed E-state index contributed by atoms with van der Waals surface area (Å²) in [5.74, 6) is -0.885. The highest BCUT2D eigenvalue weighted by atomic mass is 16.4. The molecule has 0 saturated heterocycles. The molecule has 0 fully saturated rings. The van der Waals surface area contributed by atoms with Crippen molar-refractivity contribution >= 4 is 34.6 Å². The lowest BCUT2D eigenvalue weighted by atomic mass is 10.2. The second kappa shape index (κ2) is 6.80. The summed E-state index contributed by atoms with van der Waals surface area (Å²) in [4.78, 5) is 19.9. The van der Waals surface area contributed by atoms with Gasteiger partial charge in [-0.05, 0) is 25.1 Å². The van der Waals surface area contributed by atoms with Gasteiger partial charge in [0.2, 0.25) is 5.95 Å². The van der Waals surface area contributed by atoms with Crippen LogP contribution in [0, 0.1) is 0 Å². The van der Waals surface area contributed by atoms with Crippen molar-refractivity contribution in [1.29, 1.82) is 0 Å². The van der Waals surface area contributed by atoms with Crippen LogP contribution in [0.2, 0.25) is 0 Å². The highest BCUT2D eigenvalue weighted by Gasteiger charge is 2.15. The number of hydrogen-bond acceptors (Lipinski definition) is 9. The molecule has 26 heavy (non-hydrogen) atoms. The first kappa shape index (κ1) is 17.4. The lowest BCUT2D eigenvalue weighted by Gasteiger charge is -2.11. The Kier molecular flexibility index (Phi) is 4.54. The highest BCUT2D eigenvalue weighted by Crippen LogP contribution is 2.26. The number of carbonyl (C=O) groups is 1. The molecule has 11 nitrogen and oxygen atoms in total. The molecule has 136 valence electrons. The largest absolute Gasteiger partial charge is 0.507 e. The number of aryl methyl sites for hydroxylation is 1. The second-order valence-electron chi connectivity index (χ2n) is 5.80. The van der Waals surface area contributed by atoms with Crippen LogP contribution >= 0.6 is 0 Å². The summed E-state index contributed by atoms with van der Waals surface area (Å²) in [5.41, 5.74) is 6.85. The summed E-state index contributed by atoms with van der Waals surface area (Å²) < 4.78 is 1.50. The van der Waals surface area contributed by atoms with Gasteiger partial charge in [0.15, 0.2) is 17.0 Å². The SMILES string of the molecule is CC(N)CNc1nc(Nc2ccc(O)c(C(=O)O)c2)c2nnn(C)c2n1. The van der Waals surface area contributed by atoms with E-state index >= 15 is 0 Å². The number of anilines is 3. The number of phenols is 1. The van der Waals surface area contributed by atoms with Crippen LogP contribution in [0.1, 0.15) is 17.3 Å². The van der Waals surface area contributed by atoms with Crippen molar-refractivity contribution in [3.8, 4) is 5.75 Å². The Balaban J connectivity index is 2.01. The molecular formula is C15H18N8O3. The zero-order valence-corrected chi connectivity index (χ0v) is 14.1. The van der Waals surface area contributed by atoms with Crippen molar-refractivity contribution in [3.05, 3.63) is 23.8 Å². The molecule has 0 aliphatic heterocycles. The third kappa shape index (κ3) is 3.47. The average molecular weight is 358 g/mol. The number of aromatic carboxylic acids is 1. The van der Waals surface area contributed by atoms with Gasteiger partial charge < -0.3 is 26.6 Å². The van der Waals surface area contributed by atoms with Crippen LogP contribution in [0.5, 0.6) is 5.75 Å². The number of hydrogen-bond donors (Lipinski definition) is 5. The number of rotatable bonds is 6. The van der Waals surface area contributed by atoms with Crippen molar-refractivity contribution < 1.29 is 15.0 Å². The first-order valence-corrected chi connectivity index (χ1v) is 7.75. The van der Waals surface area contributed by atoms with Crippen LogP contribution in [0.4, 0.5) is 17.5 Å². The van der Waals surface area contributed by atoms with E-state index < -0.39 is 5.97 Å². The van der Waals surface area contributed by atoms with Crippen LogP contribution in [0.15, 0.2) is 18.2 Å². The van der Waals surface area contributed by atoms with Gasteiger partial charge >= 0.3 is 5.97 Å². The van der Waals surface area contributed by atoms with Crippen molar-refractivity contribution in [2.45, 2.75) is 13.0 Å². The standard InChI is InChI=1S/C15H18N8O3/c1-7(16)6-17-15-19-12(11-13(20-15)23(2)22-21-11)18-8-3-4-10(24)9(5-8)14(25)26/h3-5,7,24H,6,16H2,1-2H3,(H,25,26)(H2,17,18,19,20). The van der Waals surface area contributed by atoms with E-state index in [1.807, 2.05) is 6.92 Å². The van der Waals surface area contributed by atoms with Crippen LogP contribution in [-0.2, 0) is 7.05 Å². The third-order valence-electron chi connectivity index (χ3n) is 3.52. The number of fused-ring (bicyclic) bond motifs is 1. The van der Waals surface area contributed by atoms with Crippen molar-refractivity contribution in [2.75, 3.05) is 17.2 Å². The number of carboxylic acid groups (broad SMARTS) is 1. The smallest absolute Gasteiger partial charge is 0.339 e. The van der Waals surface area contributed by atoms with E-state index in [0.717, 1.165) is 0 Å². The number of carboxylic acids is 1. The van der Waals surface area contributed by atoms with E-state index in [0.29, 0.717) is 35.2 Å². The predicted octanol–water partition coefficient (Wildman–Crippen LogP) is 0.665. The fraction of sp³-hybridized carbons (Fsp3) is 0.267. The van der Waals surface area contributed by atoms with Crippen molar-refractivity contribution in [1.82, 2.24) is 25.0 Å². The number of nitrogens with two attached hydrogens (primary N) is 1. The first-order valence-electron chi connectivity index (χ1n) is 7.75. The normalized spacial score (nSPS) is 12.1. The lowest BCUT2D eigenvalue weighted by molar-refractivity contribution is 0.0694. The Bertz CT molecular complexity index is 969. The zero-order chi connectivity index (χ0) is 18.8. The molecule has 0 aliphatic carbocycles. The van der Waals surface area contributed by atoms with E-state index in [1.165, 1.54) is 22.9 Å². The molecule has 0 amide bonds. The number of aromatic hydroxyl groups is 1. The molecule has 6 N–H and O–H groups in total. The molecule has 0 aliphatic rings. The number of nitrogens with zero attached hydrogens (tertiary/aromatic N) is 5. The summed E-state index contributed by atoms with van der Waals surface area (Å²) in [7, 11) is 1.70.